The molecule has 0 amide bonds. The molecule has 6 rings (SSSR count). The molecule has 0 atom stereocenters. The second-order valence-electron chi connectivity index (χ2n) is 7.62. The normalized spacial score (nSPS) is 11.8. The zero-order valence-corrected chi connectivity index (χ0v) is 17.1. The topological polar surface area (TPSA) is 86.0 Å². The first-order chi connectivity index (χ1) is 14.5. The van der Waals surface area contributed by atoms with Crippen molar-refractivity contribution in [3.8, 4) is 22.8 Å². The Morgan fingerprint density at radius 2 is 1.13 bits per heavy atom. The molecular weight excluding hydrogens is 393 g/mol. The zero-order valence-electron chi connectivity index (χ0n) is 16.3. The predicted molar refractivity (Wildman–Crippen MR) is 128 cm³/mol. The van der Waals surface area contributed by atoms with Gasteiger partial charge in [-0.25, -0.2) is 15.0 Å². The van der Waals surface area contributed by atoms with Crippen LogP contribution in [0.4, 0.5) is 0 Å². The molecule has 3 N–H and O–H groups in total. The monoisotopic (exact) mass is 408 g/mol. The molecule has 3 aromatic heterocycles. The average molecular weight is 408 g/mol. The van der Waals surface area contributed by atoms with Crippen LogP contribution in [0.3, 0.4) is 0 Å². The molecule has 0 aliphatic rings. The highest BCUT2D eigenvalue weighted by Crippen LogP contribution is 2.27. The lowest BCUT2D eigenvalue weighted by molar-refractivity contribution is 1.33. The van der Waals surface area contributed by atoms with Crippen LogP contribution in [-0.2, 0) is 0 Å². The van der Waals surface area contributed by atoms with Crippen molar-refractivity contribution in [2.45, 2.75) is 0 Å². The Bertz CT molecular complexity index is 1560. The minimum absolute atomic E-state index is 0.382. The Balaban J connectivity index is 1.43. The first kappa shape index (κ1) is 17.4. The fraction of sp³-hybridized carbons (Fsp3) is 0. The fourth-order valence-electron chi connectivity index (χ4n) is 3.83. The molecular formula is C21H15B2ClN6. The molecule has 0 saturated carbocycles. The summed E-state index contributed by atoms with van der Waals surface area (Å²) in [6, 6.07) is 16.3. The Labute approximate surface area is 177 Å². The summed E-state index contributed by atoms with van der Waals surface area (Å²) in [7, 11) is 4.22. The summed E-state index contributed by atoms with van der Waals surface area (Å²) in [5.74, 6) is 1.65. The summed E-state index contributed by atoms with van der Waals surface area (Å²) in [6.07, 6.45) is 0. The number of fused-ring (bicyclic) bond motifs is 3. The molecule has 0 unspecified atom stereocenters. The first-order valence-electron chi connectivity index (χ1n) is 9.66. The maximum Gasteiger partial charge on any atom is 0.201 e. The Hall–Kier alpha value is -3.51. The number of nitrogens with zero attached hydrogens (tertiary/aromatic N) is 3. The third-order valence-corrected chi connectivity index (χ3v) is 5.76. The molecule has 0 bridgehead atoms. The molecule has 0 spiro atoms. The van der Waals surface area contributed by atoms with E-state index in [0.717, 1.165) is 55.9 Å². The van der Waals surface area contributed by atoms with Crippen LogP contribution in [0.1, 0.15) is 0 Å². The van der Waals surface area contributed by atoms with E-state index >= 15 is 0 Å². The van der Waals surface area contributed by atoms with Crippen LogP contribution >= 0.6 is 11.6 Å². The van der Waals surface area contributed by atoms with E-state index in [2.05, 4.69) is 53.8 Å². The van der Waals surface area contributed by atoms with Gasteiger partial charge in [0, 0.05) is 11.1 Å². The van der Waals surface area contributed by atoms with Crippen LogP contribution in [0.2, 0.25) is 5.28 Å². The molecule has 6 aromatic rings. The summed E-state index contributed by atoms with van der Waals surface area (Å²) >= 11 is 5.97. The van der Waals surface area contributed by atoms with Crippen LogP contribution in [-0.4, -0.2) is 45.6 Å². The summed E-state index contributed by atoms with van der Waals surface area (Å²) in [6.45, 7) is 0. The number of hydrogen-bond acceptors (Lipinski definition) is 3. The van der Waals surface area contributed by atoms with Crippen molar-refractivity contribution in [3.63, 3.8) is 0 Å². The molecule has 0 saturated heterocycles. The number of nitrogens with one attached hydrogen (secondary N) is 3. The van der Waals surface area contributed by atoms with E-state index < -0.39 is 0 Å². The van der Waals surface area contributed by atoms with Crippen LogP contribution < -0.4 is 10.9 Å². The van der Waals surface area contributed by atoms with Crippen LogP contribution in [0.5, 0.6) is 0 Å². The second kappa shape index (κ2) is 6.24. The van der Waals surface area contributed by atoms with E-state index in [0.29, 0.717) is 5.28 Å². The number of benzene rings is 3. The van der Waals surface area contributed by atoms with Gasteiger partial charge in [-0.05, 0) is 60.1 Å². The van der Waals surface area contributed by atoms with Crippen LogP contribution in [0.15, 0.2) is 48.5 Å². The van der Waals surface area contributed by atoms with Gasteiger partial charge in [0.2, 0.25) is 5.28 Å². The van der Waals surface area contributed by atoms with Gasteiger partial charge in [-0.2, -0.15) is 0 Å². The second-order valence-corrected chi connectivity index (χ2v) is 7.97. The van der Waals surface area contributed by atoms with Crippen LogP contribution in [0.25, 0.3) is 55.9 Å². The molecule has 9 heteroatoms. The van der Waals surface area contributed by atoms with E-state index in [9.17, 15) is 0 Å². The number of aromatic amines is 3. The van der Waals surface area contributed by atoms with Gasteiger partial charge in [0.05, 0.1) is 33.1 Å². The third kappa shape index (κ3) is 2.72. The standard InChI is InChI=1S/C21H15B2ClN6/c22-11-7-17-18(8-12(11)23)28-20(27-17)9-1-3-13-15(5-9)26-19(25-13)10-2-4-14-16(6-10)30-21(24)29-14/h1-8H,22-23H2,(H,25,26)(H,27,28)(H,29,30). The fourth-order valence-corrected chi connectivity index (χ4v) is 4.02. The van der Waals surface area contributed by atoms with Gasteiger partial charge in [-0.1, -0.05) is 10.9 Å². The highest BCUT2D eigenvalue weighted by Gasteiger charge is 2.11. The number of rotatable bonds is 2. The molecule has 0 radical (unpaired) electrons. The summed E-state index contributed by atoms with van der Waals surface area (Å²) in [4.78, 5) is 23.7. The summed E-state index contributed by atoms with van der Waals surface area (Å²) < 4.78 is 0. The van der Waals surface area contributed by atoms with Crippen molar-refractivity contribution in [1.29, 1.82) is 0 Å². The average Bonchev–Trinajstić information content (AvgIpc) is 3.42. The smallest absolute Gasteiger partial charge is 0.201 e. The number of hydrogen-bond donors (Lipinski definition) is 3. The summed E-state index contributed by atoms with van der Waals surface area (Å²) in [5, 5.41) is 0.382. The number of imidazole rings is 3. The maximum atomic E-state index is 5.97. The largest absolute Gasteiger partial charge is 0.338 e. The van der Waals surface area contributed by atoms with Gasteiger partial charge < -0.3 is 15.0 Å². The third-order valence-electron chi connectivity index (χ3n) is 5.58. The highest BCUT2D eigenvalue weighted by atomic mass is 35.5. The van der Waals surface area contributed by atoms with Gasteiger partial charge in [0.15, 0.2) is 0 Å². The van der Waals surface area contributed by atoms with Gasteiger partial charge >= 0.3 is 0 Å². The molecule has 30 heavy (non-hydrogen) atoms. The quantitative estimate of drug-likeness (QED) is 0.382. The zero-order chi connectivity index (χ0) is 20.4. The van der Waals surface area contributed by atoms with E-state index in [1.165, 1.54) is 10.9 Å². The molecule has 0 aliphatic carbocycles. The van der Waals surface area contributed by atoms with Crippen molar-refractivity contribution in [2.75, 3.05) is 0 Å². The SMILES string of the molecule is Bc1cc2nc(-c3ccc4nc(-c5ccc6nc(Cl)[nH]c6c5)[nH]c4c3)[nH]c2cc1B. The molecule has 0 fully saturated rings. The molecule has 6 nitrogen and oxygen atoms in total. The Kier molecular flexibility index (Phi) is 3.61. The molecule has 3 aromatic carbocycles. The first-order valence-corrected chi connectivity index (χ1v) is 10.0. The lowest BCUT2D eigenvalue weighted by Gasteiger charge is -1.97. The van der Waals surface area contributed by atoms with Crippen molar-refractivity contribution in [3.05, 3.63) is 53.8 Å². The van der Waals surface area contributed by atoms with Gasteiger partial charge in [-0.3, -0.25) is 0 Å². The predicted octanol–water partition coefficient (Wildman–Crippen LogP) is 1.82. The Morgan fingerprint density at radius 1 is 0.600 bits per heavy atom. The van der Waals surface area contributed by atoms with Crippen LogP contribution in [0, 0.1) is 0 Å². The molecule has 3 heterocycles. The van der Waals surface area contributed by atoms with E-state index in [4.69, 9.17) is 21.6 Å². The highest BCUT2D eigenvalue weighted by molar-refractivity contribution is 6.49. The van der Waals surface area contributed by atoms with Gasteiger partial charge in [-0.15, -0.1) is 0 Å². The van der Waals surface area contributed by atoms with E-state index in [1.807, 2.05) is 30.3 Å². The van der Waals surface area contributed by atoms with Crippen molar-refractivity contribution < 1.29 is 0 Å². The molecule has 142 valence electrons. The van der Waals surface area contributed by atoms with Gasteiger partial charge in [0.25, 0.3) is 0 Å². The minimum atomic E-state index is 0.382. The van der Waals surface area contributed by atoms with Crippen molar-refractivity contribution in [2.24, 2.45) is 0 Å². The Morgan fingerprint density at radius 3 is 1.83 bits per heavy atom. The lowest BCUT2D eigenvalue weighted by Crippen LogP contribution is -2.24. The number of H-pyrrole nitrogens is 3. The summed E-state index contributed by atoms with van der Waals surface area (Å²) in [5.41, 5.74) is 10.1. The minimum Gasteiger partial charge on any atom is -0.338 e. The van der Waals surface area contributed by atoms with Crippen molar-refractivity contribution in [1.82, 2.24) is 29.9 Å². The van der Waals surface area contributed by atoms with E-state index in [1.54, 1.807) is 0 Å². The van der Waals surface area contributed by atoms with Gasteiger partial charge in [0.1, 0.15) is 27.3 Å². The number of halogens is 1. The number of aromatic nitrogens is 6. The maximum absolute atomic E-state index is 5.97. The lowest BCUT2D eigenvalue weighted by atomic mass is 9.80. The molecule has 0 aliphatic heterocycles. The van der Waals surface area contributed by atoms with Crippen molar-refractivity contribution >= 4 is 71.3 Å². The van der Waals surface area contributed by atoms with E-state index in [-0.39, 0.29) is 0 Å².